The monoisotopic (exact) mass is 303 g/mol. The number of hydrogen-bond donors (Lipinski definition) is 2. The third-order valence-corrected chi connectivity index (χ3v) is 2.67. The lowest BCUT2D eigenvalue weighted by atomic mass is 10.2. The molecule has 8 nitrogen and oxygen atoms in total. The molecule has 1 aromatic heterocycles. The first kappa shape index (κ1) is 15.5. The first-order valence-electron chi connectivity index (χ1n) is 6.42. The van der Waals surface area contributed by atoms with Crippen LogP contribution in [0.5, 0.6) is 11.6 Å². The second kappa shape index (κ2) is 6.72. The summed E-state index contributed by atoms with van der Waals surface area (Å²) in [7, 11) is 4.95. The first-order valence-corrected chi connectivity index (χ1v) is 6.42. The Bertz CT molecular complexity index is 658. The van der Waals surface area contributed by atoms with E-state index in [0.29, 0.717) is 17.1 Å². The molecule has 116 valence electrons. The van der Waals surface area contributed by atoms with Crippen LogP contribution in [-0.4, -0.2) is 42.2 Å². The van der Waals surface area contributed by atoms with Gasteiger partial charge in [-0.25, -0.2) is 14.8 Å². The fourth-order valence-electron chi connectivity index (χ4n) is 1.65. The largest absolute Gasteiger partial charge is 0.465 e. The maximum Gasteiger partial charge on any atom is 0.337 e. The van der Waals surface area contributed by atoms with Crippen LogP contribution in [0.4, 0.5) is 11.5 Å². The van der Waals surface area contributed by atoms with Crippen molar-refractivity contribution in [3.05, 3.63) is 36.2 Å². The second-order valence-corrected chi connectivity index (χ2v) is 4.57. The minimum absolute atomic E-state index is 0.227. The fourth-order valence-corrected chi connectivity index (χ4v) is 1.65. The lowest BCUT2D eigenvalue weighted by molar-refractivity contribution is 0.0600. The van der Waals surface area contributed by atoms with Gasteiger partial charge in [0, 0.05) is 14.1 Å². The molecule has 22 heavy (non-hydrogen) atoms. The summed E-state index contributed by atoms with van der Waals surface area (Å²) >= 11 is 0. The molecule has 8 heteroatoms. The molecule has 0 spiro atoms. The number of hydrazine groups is 1. The smallest absolute Gasteiger partial charge is 0.337 e. The molecular formula is C14H17N5O3. The molecule has 0 bridgehead atoms. The topological polar surface area (TPSA) is 103 Å². The summed E-state index contributed by atoms with van der Waals surface area (Å²) in [5.41, 5.74) is 9.63. The molecule has 3 N–H and O–H groups in total. The van der Waals surface area contributed by atoms with Crippen molar-refractivity contribution in [2.24, 2.45) is 0 Å². The molecule has 2 rings (SSSR count). The highest BCUT2D eigenvalue weighted by Gasteiger charge is 2.11. The van der Waals surface area contributed by atoms with Gasteiger partial charge in [0.05, 0.1) is 12.7 Å². The van der Waals surface area contributed by atoms with Gasteiger partial charge in [-0.3, -0.25) is 0 Å². The van der Waals surface area contributed by atoms with Gasteiger partial charge in [-0.2, -0.15) is 4.98 Å². The number of methoxy groups -OCH3 is 1. The predicted octanol–water partition coefficient (Wildman–Crippen LogP) is 1.53. The molecule has 0 aliphatic carbocycles. The molecule has 1 heterocycles. The van der Waals surface area contributed by atoms with Crippen molar-refractivity contribution in [3.8, 4) is 11.6 Å². The van der Waals surface area contributed by atoms with E-state index in [9.17, 15) is 4.79 Å². The van der Waals surface area contributed by atoms with Crippen molar-refractivity contribution in [1.82, 2.24) is 15.0 Å². The molecule has 0 aliphatic rings. The summed E-state index contributed by atoms with van der Waals surface area (Å²) in [6.07, 6.45) is 1.35. The van der Waals surface area contributed by atoms with Crippen molar-refractivity contribution >= 4 is 17.5 Å². The molecule has 0 fully saturated rings. The summed E-state index contributed by atoms with van der Waals surface area (Å²) in [6, 6.07) is 6.45. The number of nitrogens with one attached hydrogen (secondary N) is 1. The average Bonchev–Trinajstić information content (AvgIpc) is 2.51. The van der Waals surface area contributed by atoms with E-state index >= 15 is 0 Å². The van der Waals surface area contributed by atoms with E-state index in [-0.39, 0.29) is 11.6 Å². The standard InChI is InChI=1S/C14H17N5O3/c1-19(2)18-12-11(15)13(17-8-16-12)22-10-6-4-9(5-7-10)14(20)21-3/h4-8H,15H2,1-3H3,(H,16,17,18). The number of nitrogens with zero attached hydrogens (tertiary/aromatic N) is 3. The minimum atomic E-state index is -0.412. The second-order valence-electron chi connectivity index (χ2n) is 4.57. The summed E-state index contributed by atoms with van der Waals surface area (Å²) in [4.78, 5) is 19.4. The number of hydrogen-bond acceptors (Lipinski definition) is 8. The molecule has 1 aromatic carbocycles. The summed E-state index contributed by atoms with van der Waals surface area (Å²) < 4.78 is 10.2. The average molecular weight is 303 g/mol. The zero-order valence-electron chi connectivity index (χ0n) is 12.5. The van der Waals surface area contributed by atoms with Crippen LogP contribution < -0.4 is 15.9 Å². The Morgan fingerprint density at radius 2 is 1.91 bits per heavy atom. The van der Waals surface area contributed by atoms with Crippen LogP contribution in [0.25, 0.3) is 0 Å². The van der Waals surface area contributed by atoms with Crippen LogP contribution in [0.2, 0.25) is 0 Å². The Balaban J connectivity index is 2.18. The van der Waals surface area contributed by atoms with E-state index in [1.807, 2.05) is 14.1 Å². The Morgan fingerprint density at radius 1 is 1.23 bits per heavy atom. The Hall–Kier alpha value is -2.87. The third-order valence-electron chi connectivity index (χ3n) is 2.67. The number of rotatable bonds is 5. The number of aromatic nitrogens is 2. The Labute approximate surface area is 127 Å². The van der Waals surface area contributed by atoms with Crippen molar-refractivity contribution in [2.45, 2.75) is 0 Å². The van der Waals surface area contributed by atoms with Crippen molar-refractivity contribution < 1.29 is 14.3 Å². The van der Waals surface area contributed by atoms with E-state index in [2.05, 4.69) is 20.1 Å². The molecule has 0 unspecified atom stereocenters. The van der Waals surface area contributed by atoms with Gasteiger partial charge in [0.25, 0.3) is 0 Å². The number of anilines is 2. The van der Waals surface area contributed by atoms with E-state index in [1.54, 1.807) is 29.3 Å². The van der Waals surface area contributed by atoms with E-state index in [1.165, 1.54) is 13.4 Å². The van der Waals surface area contributed by atoms with Gasteiger partial charge in [-0.05, 0) is 24.3 Å². The van der Waals surface area contributed by atoms with E-state index < -0.39 is 5.97 Å². The molecule has 0 atom stereocenters. The lowest BCUT2D eigenvalue weighted by Crippen LogP contribution is -2.21. The van der Waals surface area contributed by atoms with Gasteiger partial charge in [0.2, 0.25) is 5.88 Å². The molecule has 0 radical (unpaired) electrons. The zero-order valence-corrected chi connectivity index (χ0v) is 12.5. The van der Waals surface area contributed by atoms with Crippen molar-refractivity contribution in [2.75, 3.05) is 32.4 Å². The van der Waals surface area contributed by atoms with Crippen molar-refractivity contribution in [1.29, 1.82) is 0 Å². The quantitative estimate of drug-likeness (QED) is 0.633. The number of carbonyl (C=O) groups excluding carboxylic acids is 1. The number of ether oxygens (including phenoxy) is 2. The normalized spacial score (nSPS) is 10.4. The van der Waals surface area contributed by atoms with Crippen LogP contribution in [0, 0.1) is 0 Å². The van der Waals surface area contributed by atoms with Gasteiger partial charge in [-0.15, -0.1) is 0 Å². The van der Waals surface area contributed by atoms with Gasteiger partial charge >= 0.3 is 5.97 Å². The minimum Gasteiger partial charge on any atom is -0.465 e. The van der Waals surface area contributed by atoms with E-state index in [0.717, 1.165) is 0 Å². The van der Waals surface area contributed by atoms with Gasteiger partial charge in [0.1, 0.15) is 17.8 Å². The zero-order chi connectivity index (χ0) is 16.1. The molecule has 0 saturated carbocycles. The summed E-state index contributed by atoms with van der Waals surface area (Å²) in [6.45, 7) is 0. The SMILES string of the molecule is COC(=O)c1ccc(Oc2ncnc(NN(C)C)c2N)cc1. The number of esters is 1. The summed E-state index contributed by atoms with van der Waals surface area (Å²) in [5, 5.41) is 1.70. The van der Waals surface area contributed by atoms with Crippen molar-refractivity contribution in [3.63, 3.8) is 0 Å². The van der Waals surface area contributed by atoms with Crippen LogP contribution in [0.15, 0.2) is 30.6 Å². The van der Waals surface area contributed by atoms with E-state index in [4.69, 9.17) is 10.5 Å². The number of nitrogens with two attached hydrogens (primary N) is 1. The van der Waals surface area contributed by atoms with Crippen LogP contribution >= 0.6 is 0 Å². The third kappa shape index (κ3) is 3.61. The maximum atomic E-state index is 11.4. The maximum absolute atomic E-state index is 11.4. The van der Waals surface area contributed by atoms with Gasteiger partial charge in [0.15, 0.2) is 5.82 Å². The highest BCUT2D eigenvalue weighted by molar-refractivity contribution is 5.89. The molecule has 0 aliphatic heterocycles. The number of nitrogen functional groups attached to an aromatic ring is 1. The number of carbonyl (C=O) groups is 1. The fraction of sp³-hybridized carbons (Fsp3) is 0.214. The molecular weight excluding hydrogens is 286 g/mol. The van der Waals surface area contributed by atoms with Crippen LogP contribution in [0.1, 0.15) is 10.4 Å². The molecule has 0 saturated heterocycles. The number of benzene rings is 1. The van der Waals surface area contributed by atoms with Crippen LogP contribution in [0.3, 0.4) is 0 Å². The highest BCUT2D eigenvalue weighted by Crippen LogP contribution is 2.29. The first-order chi connectivity index (χ1) is 10.5. The van der Waals surface area contributed by atoms with Gasteiger partial charge < -0.3 is 20.6 Å². The van der Waals surface area contributed by atoms with Crippen LogP contribution in [-0.2, 0) is 4.74 Å². The summed E-state index contributed by atoms with van der Waals surface area (Å²) in [5.74, 6) is 0.755. The lowest BCUT2D eigenvalue weighted by Gasteiger charge is -2.15. The molecule has 0 amide bonds. The highest BCUT2D eigenvalue weighted by atomic mass is 16.5. The Kier molecular flexibility index (Phi) is 4.74. The predicted molar refractivity (Wildman–Crippen MR) is 81.6 cm³/mol. The molecule has 2 aromatic rings. The van der Waals surface area contributed by atoms with Gasteiger partial charge in [-0.1, -0.05) is 0 Å². The Morgan fingerprint density at radius 3 is 2.50 bits per heavy atom.